The summed E-state index contributed by atoms with van der Waals surface area (Å²) >= 11 is 0. The average molecular weight is 209 g/mol. The second-order valence-corrected chi connectivity index (χ2v) is 1.99. The summed E-state index contributed by atoms with van der Waals surface area (Å²) in [5.41, 5.74) is 8.20. The molecule has 0 atom stereocenters. The Balaban J connectivity index is 0.000000810. The van der Waals surface area contributed by atoms with Gasteiger partial charge in [-0.15, -0.1) is 6.54 Å². The molecular weight excluding hydrogens is 199 g/mol. The smallest absolute Gasteiger partial charge is 0 e. The third kappa shape index (κ3) is 3.45. The average Bonchev–Trinajstić information content (AvgIpc) is 1.91. The van der Waals surface area contributed by atoms with E-state index in [2.05, 4.69) is 12.1 Å². The Morgan fingerprint density at radius 1 is 1.10 bits per heavy atom. The van der Waals surface area contributed by atoms with Crippen LogP contribution in [0.15, 0.2) is 30.3 Å². The molecule has 0 saturated heterocycles. The largest absolute Gasteiger partial charge is 0.677 e. The molecule has 1 aromatic carbocycles. The fourth-order valence-electron chi connectivity index (χ4n) is 0.789. The van der Waals surface area contributed by atoms with Crippen molar-refractivity contribution in [3.05, 3.63) is 41.6 Å². The molecule has 1 radical (unpaired) electrons. The van der Waals surface area contributed by atoms with Crippen molar-refractivity contribution in [1.82, 2.24) is 0 Å². The quantitative estimate of drug-likeness (QED) is 0.713. The first kappa shape index (κ1) is 10.3. The summed E-state index contributed by atoms with van der Waals surface area (Å²) in [5, 5.41) is 0. The van der Waals surface area contributed by atoms with Gasteiger partial charge in [-0.2, -0.15) is 0 Å². The van der Waals surface area contributed by atoms with Crippen LogP contribution in [0, 0.1) is 0 Å². The fraction of sp³-hybridized carbons (Fsp3) is 0.250. The van der Waals surface area contributed by atoms with Gasteiger partial charge in [0.05, 0.1) is 0 Å². The number of hydrogen-bond donors (Lipinski definition) is 0. The van der Waals surface area contributed by atoms with Gasteiger partial charge in [-0.25, -0.2) is 0 Å². The van der Waals surface area contributed by atoms with Crippen LogP contribution in [0.25, 0.3) is 5.73 Å². The minimum Gasteiger partial charge on any atom is -0.677 e. The number of hydrogen-bond acceptors (Lipinski definition) is 0. The van der Waals surface area contributed by atoms with Crippen molar-refractivity contribution in [2.24, 2.45) is 0 Å². The maximum absolute atomic E-state index is 6.94. The first-order valence-corrected chi connectivity index (χ1v) is 3.12. The first-order chi connectivity index (χ1) is 4.43. The first-order valence-electron chi connectivity index (χ1n) is 3.12. The molecule has 0 fully saturated rings. The molecule has 0 aromatic heterocycles. The zero-order valence-electron chi connectivity index (χ0n) is 5.88. The van der Waals surface area contributed by atoms with Crippen molar-refractivity contribution < 1.29 is 32.7 Å². The van der Waals surface area contributed by atoms with Crippen LogP contribution in [0.3, 0.4) is 0 Å². The van der Waals surface area contributed by atoms with E-state index >= 15 is 0 Å². The van der Waals surface area contributed by atoms with E-state index in [1.165, 1.54) is 5.56 Å². The molecule has 10 heavy (non-hydrogen) atoms. The molecule has 1 aromatic rings. The normalized spacial score (nSPS) is 8.50. The summed E-state index contributed by atoms with van der Waals surface area (Å²) in [6.45, 7) is 0.490. The predicted octanol–water partition coefficient (Wildman–Crippen LogP) is 2.28. The molecule has 0 saturated carbocycles. The Hall–Kier alpha value is 0.284. The maximum Gasteiger partial charge on any atom is 0 e. The molecule has 0 heterocycles. The number of benzene rings is 1. The molecule has 1 rings (SSSR count). The monoisotopic (exact) mass is 209 g/mol. The molecule has 0 aliphatic carbocycles. The Morgan fingerprint density at radius 2 is 1.70 bits per heavy atom. The van der Waals surface area contributed by atoms with Gasteiger partial charge in [0.1, 0.15) is 0 Å². The van der Waals surface area contributed by atoms with Gasteiger partial charge >= 0.3 is 0 Å². The van der Waals surface area contributed by atoms with E-state index in [0.717, 1.165) is 6.42 Å². The molecule has 2 heteroatoms. The van der Waals surface area contributed by atoms with E-state index in [-0.39, 0.29) is 32.7 Å². The topological polar surface area (TPSA) is 23.8 Å². The fourth-order valence-corrected chi connectivity index (χ4v) is 0.789. The van der Waals surface area contributed by atoms with Gasteiger partial charge in [-0.05, 0) is 12.0 Å². The van der Waals surface area contributed by atoms with Crippen molar-refractivity contribution in [1.29, 1.82) is 0 Å². The van der Waals surface area contributed by atoms with E-state index in [1.807, 2.05) is 18.2 Å². The van der Waals surface area contributed by atoms with Crippen LogP contribution in [0.5, 0.6) is 0 Å². The van der Waals surface area contributed by atoms with E-state index in [4.69, 9.17) is 5.73 Å². The van der Waals surface area contributed by atoms with Gasteiger partial charge in [-0.1, -0.05) is 30.3 Å². The third-order valence-electron chi connectivity index (χ3n) is 1.26. The zero-order chi connectivity index (χ0) is 6.53. The molecule has 1 N–H and O–H groups in total. The van der Waals surface area contributed by atoms with E-state index in [1.54, 1.807) is 0 Å². The molecule has 0 unspecified atom stereocenters. The summed E-state index contributed by atoms with van der Waals surface area (Å²) in [4.78, 5) is 0. The van der Waals surface area contributed by atoms with Gasteiger partial charge in [0.25, 0.3) is 0 Å². The summed E-state index contributed by atoms with van der Waals surface area (Å²) in [6, 6.07) is 10.1. The van der Waals surface area contributed by atoms with Gasteiger partial charge in [0, 0.05) is 32.7 Å². The number of nitrogens with one attached hydrogen (secondary N) is 1. The SMILES string of the molecule is [NH-]CCc1ccccc1.[Y]. The summed E-state index contributed by atoms with van der Waals surface area (Å²) in [7, 11) is 0. The van der Waals surface area contributed by atoms with Gasteiger partial charge in [0.2, 0.25) is 0 Å². The second kappa shape index (κ2) is 6.02. The second-order valence-electron chi connectivity index (χ2n) is 1.99. The molecule has 1 nitrogen and oxygen atoms in total. The Bertz CT molecular complexity index is 162. The summed E-state index contributed by atoms with van der Waals surface area (Å²) < 4.78 is 0. The predicted molar refractivity (Wildman–Crippen MR) is 39.3 cm³/mol. The Labute approximate surface area is 86.9 Å². The molecule has 0 amide bonds. The van der Waals surface area contributed by atoms with Crippen molar-refractivity contribution in [3.8, 4) is 0 Å². The maximum atomic E-state index is 6.94. The minimum absolute atomic E-state index is 0. The van der Waals surface area contributed by atoms with Crippen molar-refractivity contribution >= 4 is 0 Å². The van der Waals surface area contributed by atoms with Crippen molar-refractivity contribution in [3.63, 3.8) is 0 Å². The van der Waals surface area contributed by atoms with Gasteiger partial charge in [-0.3, -0.25) is 0 Å². The molecule has 0 bridgehead atoms. The molecule has 0 aliphatic heterocycles. The zero-order valence-corrected chi connectivity index (χ0v) is 8.72. The van der Waals surface area contributed by atoms with Crippen LogP contribution in [0.4, 0.5) is 0 Å². The molecule has 0 spiro atoms. The molecular formula is C8H10NY-. The third-order valence-corrected chi connectivity index (χ3v) is 1.26. The van der Waals surface area contributed by atoms with Crippen molar-refractivity contribution in [2.75, 3.05) is 6.54 Å². The minimum atomic E-state index is 0. The van der Waals surface area contributed by atoms with Gasteiger partial charge < -0.3 is 5.73 Å². The molecule has 0 aliphatic rings. The van der Waals surface area contributed by atoms with Crippen molar-refractivity contribution in [2.45, 2.75) is 6.42 Å². The van der Waals surface area contributed by atoms with E-state index in [0.29, 0.717) is 6.54 Å². The van der Waals surface area contributed by atoms with Crippen LogP contribution < -0.4 is 0 Å². The standard InChI is InChI=1S/C8H10N.Y/c9-7-6-8-4-2-1-3-5-8;/h1-5,9H,6-7H2;/q-1;. The van der Waals surface area contributed by atoms with Crippen LogP contribution in [-0.2, 0) is 39.1 Å². The van der Waals surface area contributed by atoms with Crippen LogP contribution >= 0.6 is 0 Å². The van der Waals surface area contributed by atoms with Crippen LogP contribution in [0.1, 0.15) is 5.56 Å². The Morgan fingerprint density at radius 3 is 2.20 bits per heavy atom. The van der Waals surface area contributed by atoms with E-state index in [9.17, 15) is 0 Å². The van der Waals surface area contributed by atoms with Crippen LogP contribution in [-0.4, -0.2) is 6.54 Å². The van der Waals surface area contributed by atoms with Gasteiger partial charge in [0.15, 0.2) is 0 Å². The summed E-state index contributed by atoms with van der Waals surface area (Å²) in [5.74, 6) is 0. The van der Waals surface area contributed by atoms with E-state index < -0.39 is 0 Å². The van der Waals surface area contributed by atoms with Crippen LogP contribution in [0.2, 0.25) is 0 Å². The summed E-state index contributed by atoms with van der Waals surface area (Å²) in [6.07, 6.45) is 0.876. The Kier molecular flexibility index (Phi) is 6.20. The number of rotatable bonds is 2. The molecule has 51 valence electrons.